The van der Waals surface area contributed by atoms with Crippen LogP contribution in [-0.4, -0.2) is 44.2 Å². The molecule has 0 unspecified atom stereocenters. The molecule has 1 heterocycles. The van der Waals surface area contributed by atoms with Crippen molar-refractivity contribution in [1.82, 2.24) is 4.98 Å². The molecule has 1 fully saturated rings. The highest BCUT2D eigenvalue weighted by molar-refractivity contribution is 7.10. The Kier molecular flexibility index (Phi) is 10.3. The number of carbonyl (C=O) groups is 1. The normalized spacial score (nSPS) is 22.3. The van der Waals surface area contributed by atoms with Crippen LogP contribution in [0.2, 0.25) is 18.1 Å². The van der Waals surface area contributed by atoms with E-state index >= 15 is 0 Å². The van der Waals surface area contributed by atoms with Crippen molar-refractivity contribution in [2.75, 3.05) is 6.61 Å². The Morgan fingerprint density at radius 1 is 1.16 bits per heavy atom. The van der Waals surface area contributed by atoms with E-state index in [4.69, 9.17) is 24.1 Å². The number of hydrogen-bond donors (Lipinski definition) is 0. The van der Waals surface area contributed by atoms with Crippen LogP contribution in [0.4, 0.5) is 0 Å². The number of nitrogens with zero attached hydrogens (tertiary/aromatic N) is 2. The van der Waals surface area contributed by atoms with Gasteiger partial charge in [0.1, 0.15) is 0 Å². The molecule has 0 amide bonds. The quantitative estimate of drug-likeness (QED) is 0.220. The third-order valence-electron chi connectivity index (χ3n) is 8.10. The third kappa shape index (κ3) is 7.12. The molecule has 6 nitrogen and oxygen atoms in total. The molecule has 4 atom stereocenters. The van der Waals surface area contributed by atoms with Crippen molar-refractivity contribution in [1.29, 1.82) is 5.26 Å². The highest BCUT2D eigenvalue weighted by atomic mass is 32.1. The fourth-order valence-corrected chi connectivity index (χ4v) is 7.07. The van der Waals surface area contributed by atoms with Gasteiger partial charge >= 0.3 is 5.97 Å². The van der Waals surface area contributed by atoms with Crippen LogP contribution in [0, 0.1) is 17.2 Å². The Hall–Kier alpha value is -2.05. The van der Waals surface area contributed by atoms with Gasteiger partial charge in [-0.2, -0.15) is 5.26 Å². The number of aromatic nitrogens is 1. The molecule has 0 N–H and O–H groups in total. The highest BCUT2D eigenvalue weighted by Gasteiger charge is 2.49. The Bertz CT molecular complexity index is 1100. The molecule has 0 bridgehead atoms. The summed E-state index contributed by atoms with van der Waals surface area (Å²) in [7, 11) is -2.16. The Balaban J connectivity index is 2.04. The van der Waals surface area contributed by atoms with Gasteiger partial charge in [-0.3, -0.25) is 4.79 Å². The SMILES string of the molecule is CCOC(=O)[C@H]1C[C@@H](OC(CC)CC)[C@@H](O[Si](C)(C)C(C)(C)C)[C@H](c2nc(-c3ccc(C#N)cc3)cs2)C1. The second-order valence-electron chi connectivity index (χ2n) is 11.7. The first kappa shape index (κ1) is 30.5. The maximum absolute atomic E-state index is 13.0. The van der Waals surface area contributed by atoms with E-state index < -0.39 is 8.32 Å². The molecule has 1 aliphatic rings. The van der Waals surface area contributed by atoms with Crippen LogP contribution < -0.4 is 0 Å². The molecule has 0 saturated heterocycles. The van der Waals surface area contributed by atoms with E-state index in [2.05, 4.69) is 59.2 Å². The Morgan fingerprint density at radius 3 is 2.37 bits per heavy atom. The number of ether oxygens (including phenoxy) is 2. The minimum Gasteiger partial charge on any atom is -0.466 e. The first-order valence-electron chi connectivity index (χ1n) is 13.9. The van der Waals surface area contributed by atoms with Crippen molar-refractivity contribution < 1.29 is 18.7 Å². The number of benzene rings is 1. The number of esters is 1. The first-order valence-corrected chi connectivity index (χ1v) is 17.7. The van der Waals surface area contributed by atoms with Crippen LogP contribution in [0.15, 0.2) is 29.6 Å². The number of thiazole rings is 1. The summed E-state index contributed by atoms with van der Waals surface area (Å²) in [6, 6.07) is 9.66. The van der Waals surface area contributed by atoms with Crippen molar-refractivity contribution in [3.8, 4) is 17.3 Å². The maximum Gasteiger partial charge on any atom is 0.309 e. The van der Waals surface area contributed by atoms with Crippen molar-refractivity contribution in [2.45, 2.75) is 110 Å². The monoisotopic (exact) mass is 556 g/mol. The zero-order valence-electron chi connectivity index (χ0n) is 24.2. The van der Waals surface area contributed by atoms with Gasteiger partial charge in [0.05, 0.1) is 53.2 Å². The van der Waals surface area contributed by atoms with Crippen molar-refractivity contribution >= 4 is 25.6 Å². The lowest BCUT2D eigenvalue weighted by molar-refractivity contribution is -0.158. The average Bonchev–Trinajstić information content (AvgIpc) is 3.37. The van der Waals surface area contributed by atoms with Crippen LogP contribution >= 0.6 is 11.3 Å². The second kappa shape index (κ2) is 12.9. The highest BCUT2D eigenvalue weighted by Crippen LogP contribution is 2.46. The fourth-order valence-electron chi connectivity index (χ4n) is 4.75. The molecule has 38 heavy (non-hydrogen) atoms. The number of carbonyl (C=O) groups excluding carboxylic acids is 1. The molecule has 0 aliphatic heterocycles. The standard InChI is InChI=1S/C30H44N2O4SSi/c1-9-23(10-2)35-26-17-22(29(33)34-11-3)16-24(27(26)36-38(7,8)30(4,5)6)28-32-25(19-37-28)21-14-12-20(18-31)13-15-21/h12-15,19,22-24,26-27H,9-11,16-17H2,1-8H3/t22-,24-,26-,27+/m1/s1. The van der Waals surface area contributed by atoms with Crippen molar-refractivity contribution in [2.24, 2.45) is 5.92 Å². The van der Waals surface area contributed by atoms with Gasteiger partial charge in [-0.15, -0.1) is 11.3 Å². The predicted molar refractivity (Wildman–Crippen MR) is 156 cm³/mol. The van der Waals surface area contributed by atoms with E-state index in [1.807, 2.05) is 31.2 Å². The van der Waals surface area contributed by atoms with Gasteiger partial charge in [0, 0.05) is 16.9 Å². The Labute approximate surface area is 233 Å². The summed E-state index contributed by atoms with van der Waals surface area (Å²) in [5.41, 5.74) is 2.46. The summed E-state index contributed by atoms with van der Waals surface area (Å²) < 4.78 is 19.4. The number of hydrogen-bond acceptors (Lipinski definition) is 7. The lowest BCUT2D eigenvalue weighted by atomic mass is 9.77. The van der Waals surface area contributed by atoms with Gasteiger partial charge < -0.3 is 13.9 Å². The molecule has 3 rings (SSSR count). The zero-order valence-corrected chi connectivity index (χ0v) is 26.1. The smallest absolute Gasteiger partial charge is 0.309 e. The first-order chi connectivity index (χ1) is 17.9. The molecule has 2 aromatic rings. The van der Waals surface area contributed by atoms with Gasteiger partial charge in [-0.05, 0) is 62.9 Å². The molecular weight excluding hydrogens is 512 g/mol. The lowest BCUT2D eigenvalue weighted by Gasteiger charge is -2.47. The van der Waals surface area contributed by atoms with Gasteiger partial charge in [-0.1, -0.05) is 46.8 Å². The summed E-state index contributed by atoms with van der Waals surface area (Å²) >= 11 is 1.61. The zero-order chi connectivity index (χ0) is 28.1. The van der Waals surface area contributed by atoms with Crippen LogP contribution in [0.25, 0.3) is 11.3 Å². The minimum atomic E-state index is -2.16. The summed E-state index contributed by atoms with van der Waals surface area (Å²) in [6.45, 7) is 17.8. The minimum absolute atomic E-state index is 0.0333. The van der Waals surface area contributed by atoms with Crippen LogP contribution in [-0.2, 0) is 18.7 Å². The molecule has 8 heteroatoms. The van der Waals surface area contributed by atoms with Gasteiger partial charge in [0.25, 0.3) is 0 Å². The van der Waals surface area contributed by atoms with Crippen LogP contribution in [0.1, 0.15) is 83.7 Å². The van der Waals surface area contributed by atoms with Crippen molar-refractivity contribution in [3.05, 3.63) is 40.2 Å². The molecule has 1 saturated carbocycles. The van der Waals surface area contributed by atoms with E-state index in [1.165, 1.54) is 0 Å². The molecule has 0 radical (unpaired) electrons. The second-order valence-corrected chi connectivity index (χ2v) is 17.4. The average molecular weight is 557 g/mol. The molecule has 1 aromatic carbocycles. The van der Waals surface area contributed by atoms with E-state index in [0.717, 1.165) is 29.1 Å². The molecule has 0 spiro atoms. The maximum atomic E-state index is 13.0. The van der Waals surface area contributed by atoms with E-state index in [1.54, 1.807) is 11.3 Å². The van der Waals surface area contributed by atoms with E-state index in [-0.39, 0.29) is 41.2 Å². The van der Waals surface area contributed by atoms with Gasteiger partial charge in [-0.25, -0.2) is 4.98 Å². The van der Waals surface area contributed by atoms with E-state index in [9.17, 15) is 4.79 Å². The topological polar surface area (TPSA) is 81.4 Å². The molecule has 1 aliphatic carbocycles. The summed E-state index contributed by atoms with van der Waals surface area (Å²) in [6.07, 6.45) is 2.74. The van der Waals surface area contributed by atoms with Gasteiger partial charge in [0.15, 0.2) is 8.32 Å². The molecule has 1 aromatic heterocycles. The molecule has 208 valence electrons. The third-order valence-corrected chi connectivity index (χ3v) is 13.6. The van der Waals surface area contributed by atoms with Crippen molar-refractivity contribution in [3.63, 3.8) is 0 Å². The Morgan fingerprint density at radius 2 is 1.82 bits per heavy atom. The van der Waals surface area contributed by atoms with Crippen LogP contribution in [0.3, 0.4) is 0 Å². The predicted octanol–water partition coefficient (Wildman–Crippen LogP) is 7.70. The fraction of sp³-hybridized carbons (Fsp3) is 0.633. The lowest BCUT2D eigenvalue weighted by Crippen LogP contribution is -2.53. The van der Waals surface area contributed by atoms with Gasteiger partial charge in [0.2, 0.25) is 0 Å². The number of rotatable bonds is 10. The van der Waals surface area contributed by atoms with Crippen LogP contribution in [0.5, 0.6) is 0 Å². The molecular formula is C30H44N2O4SSi. The number of nitriles is 1. The summed E-state index contributed by atoms with van der Waals surface area (Å²) in [4.78, 5) is 18.1. The largest absolute Gasteiger partial charge is 0.466 e. The summed E-state index contributed by atoms with van der Waals surface area (Å²) in [5.74, 6) is -0.505. The summed E-state index contributed by atoms with van der Waals surface area (Å²) in [5, 5.41) is 12.2. The van der Waals surface area contributed by atoms with E-state index in [0.29, 0.717) is 25.0 Å².